The van der Waals surface area contributed by atoms with E-state index in [0.717, 1.165) is 29.2 Å². The molecule has 0 radical (unpaired) electrons. The average Bonchev–Trinajstić information content (AvgIpc) is 2.84. The van der Waals surface area contributed by atoms with Crippen LogP contribution in [-0.4, -0.2) is 17.9 Å². The van der Waals surface area contributed by atoms with Crippen LogP contribution in [0.1, 0.15) is 36.0 Å². The quantitative estimate of drug-likeness (QED) is 0.841. The molecule has 2 nitrogen and oxygen atoms in total. The van der Waals surface area contributed by atoms with Gasteiger partial charge in [0.1, 0.15) is 0 Å². The third-order valence-electron chi connectivity index (χ3n) is 4.90. The van der Waals surface area contributed by atoms with Crippen LogP contribution in [-0.2, 0) is 0 Å². The molecule has 0 saturated carbocycles. The summed E-state index contributed by atoms with van der Waals surface area (Å²) in [6.45, 7) is 0. The minimum Gasteiger partial charge on any atom is -0.311 e. The Bertz CT molecular complexity index is 646. The van der Waals surface area contributed by atoms with E-state index in [1.165, 1.54) is 12.8 Å². The standard InChI is InChI=1S/C18H19NO/c20-18(13-10-14-8-9-15(11-13)19-14)17-7-3-5-12-4-1-2-6-16(12)17/h1-7,13-15,19H,8-11H2. The van der Waals surface area contributed by atoms with Gasteiger partial charge in [-0.05, 0) is 36.5 Å². The predicted molar refractivity (Wildman–Crippen MR) is 80.9 cm³/mol. The second kappa shape index (κ2) is 4.71. The Labute approximate surface area is 119 Å². The maximum absolute atomic E-state index is 12.9. The maximum atomic E-state index is 12.9. The highest BCUT2D eigenvalue weighted by Gasteiger charge is 2.37. The molecule has 2 aliphatic rings. The number of piperidine rings is 1. The molecule has 2 aromatic carbocycles. The van der Waals surface area contributed by atoms with Gasteiger partial charge in [0.2, 0.25) is 0 Å². The second-order valence-corrected chi connectivity index (χ2v) is 6.20. The summed E-state index contributed by atoms with van der Waals surface area (Å²) in [5, 5.41) is 5.88. The van der Waals surface area contributed by atoms with Crippen molar-refractivity contribution in [2.45, 2.75) is 37.8 Å². The number of hydrogen-bond acceptors (Lipinski definition) is 2. The minimum absolute atomic E-state index is 0.208. The van der Waals surface area contributed by atoms with Gasteiger partial charge in [-0.3, -0.25) is 4.79 Å². The van der Waals surface area contributed by atoms with Gasteiger partial charge in [0, 0.05) is 23.6 Å². The molecule has 2 saturated heterocycles. The van der Waals surface area contributed by atoms with Crippen LogP contribution in [0.4, 0.5) is 0 Å². The summed E-state index contributed by atoms with van der Waals surface area (Å²) in [6.07, 6.45) is 4.51. The number of carbonyl (C=O) groups excluding carboxylic acids is 1. The Hall–Kier alpha value is -1.67. The van der Waals surface area contributed by atoms with Gasteiger partial charge in [0.25, 0.3) is 0 Å². The number of rotatable bonds is 2. The SMILES string of the molecule is O=C(c1cccc2ccccc12)C1CC2CCC(C1)N2. The first-order valence-electron chi connectivity index (χ1n) is 7.59. The lowest BCUT2D eigenvalue weighted by Crippen LogP contribution is -2.40. The van der Waals surface area contributed by atoms with E-state index in [1.807, 2.05) is 24.3 Å². The molecule has 2 aromatic rings. The third kappa shape index (κ3) is 1.95. The molecule has 0 aromatic heterocycles. The van der Waals surface area contributed by atoms with Crippen molar-refractivity contribution in [1.29, 1.82) is 0 Å². The topological polar surface area (TPSA) is 29.1 Å². The van der Waals surface area contributed by atoms with E-state index in [9.17, 15) is 4.79 Å². The lowest BCUT2D eigenvalue weighted by molar-refractivity contribution is 0.0877. The number of fused-ring (bicyclic) bond motifs is 3. The lowest BCUT2D eigenvalue weighted by Gasteiger charge is -2.28. The van der Waals surface area contributed by atoms with Gasteiger partial charge >= 0.3 is 0 Å². The summed E-state index contributed by atoms with van der Waals surface area (Å²) in [7, 11) is 0. The molecule has 2 heterocycles. The number of ketones is 1. The zero-order valence-corrected chi connectivity index (χ0v) is 11.5. The summed E-state index contributed by atoms with van der Waals surface area (Å²) in [4.78, 5) is 12.9. The average molecular weight is 265 g/mol. The monoisotopic (exact) mass is 265 g/mol. The van der Waals surface area contributed by atoms with Crippen LogP contribution in [0.5, 0.6) is 0 Å². The molecule has 4 rings (SSSR count). The van der Waals surface area contributed by atoms with Gasteiger partial charge in [0.05, 0.1) is 0 Å². The van der Waals surface area contributed by atoms with Gasteiger partial charge in [0.15, 0.2) is 5.78 Å². The molecule has 2 atom stereocenters. The summed E-state index contributed by atoms with van der Waals surface area (Å²) in [5.74, 6) is 0.555. The van der Waals surface area contributed by atoms with Crippen LogP contribution in [0.3, 0.4) is 0 Å². The number of benzene rings is 2. The fourth-order valence-corrected chi connectivity index (χ4v) is 3.93. The van der Waals surface area contributed by atoms with Crippen molar-refractivity contribution in [1.82, 2.24) is 5.32 Å². The molecule has 2 fully saturated rings. The molecule has 0 amide bonds. The number of nitrogens with one attached hydrogen (secondary N) is 1. The van der Waals surface area contributed by atoms with Gasteiger partial charge in [-0.2, -0.15) is 0 Å². The van der Waals surface area contributed by atoms with Crippen LogP contribution >= 0.6 is 0 Å². The second-order valence-electron chi connectivity index (χ2n) is 6.20. The molecule has 102 valence electrons. The number of Topliss-reactive ketones (excluding diaryl/α,β-unsaturated/α-hetero) is 1. The molecule has 1 N–H and O–H groups in total. The van der Waals surface area contributed by atoms with E-state index in [0.29, 0.717) is 17.9 Å². The highest BCUT2D eigenvalue weighted by molar-refractivity contribution is 6.09. The van der Waals surface area contributed by atoms with E-state index in [2.05, 4.69) is 23.5 Å². The van der Waals surface area contributed by atoms with Crippen molar-refractivity contribution < 1.29 is 4.79 Å². The van der Waals surface area contributed by atoms with Crippen molar-refractivity contribution >= 4 is 16.6 Å². The number of hydrogen-bond donors (Lipinski definition) is 1. The molecule has 0 spiro atoms. The van der Waals surface area contributed by atoms with E-state index in [1.54, 1.807) is 0 Å². The van der Waals surface area contributed by atoms with E-state index < -0.39 is 0 Å². The third-order valence-corrected chi connectivity index (χ3v) is 4.90. The molecule has 20 heavy (non-hydrogen) atoms. The van der Waals surface area contributed by atoms with Crippen LogP contribution in [0.15, 0.2) is 42.5 Å². The maximum Gasteiger partial charge on any atom is 0.166 e. The lowest BCUT2D eigenvalue weighted by atomic mass is 9.84. The summed E-state index contributed by atoms with van der Waals surface area (Å²) >= 11 is 0. The minimum atomic E-state index is 0.208. The first kappa shape index (κ1) is 12.1. The molecule has 0 aliphatic carbocycles. The van der Waals surface area contributed by atoms with Crippen LogP contribution < -0.4 is 5.32 Å². The van der Waals surface area contributed by atoms with Gasteiger partial charge in [-0.1, -0.05) is 42.5 Å². The van der Waals surface area contributed by atoms with Crippen LogP contribution in [0.2, 0.25) is 0 Å². The normalized spacial score (nSPS) is 28.7. The molecule has 2 bridgehead atoms. The fourth-order valence-electron chi connectivity index (χ4n) is 3.93. The smallest absolute Gasteiger partial charge is 0.166 e. The summed E-state index contributed by atoms with van der Waals surface area (Å²) in [5.41, 5.74) is 0.911. The Kier molecular flexibility index (Phi) is 2.85. The molecule has 2 aliphatic heterocycles. The van der Waals surface area contributed by atoms with E-state index in [-0.39, 0.29) is 5.92 Å². The van der Waals surface area contributed by atoms with Gasteiger partial charge in [-0.25, -0.2) is 0 Å². The Morgan fingerprint density at radius 3 is 2.45 bits per heavy atom. The van der Waals surface area contributed by atoms with Crippen molar-refractivity contribution in [2.24, 2.45) is 5.92 Å². The number of carbonyl (C=O) groups is 1. The Balaban J connectivity index is 1.70. The first-order valence-corrected chi connectivity index (χ1v) is 7.59. The highest BCUT2D eigenvalue weighted by atomic mass is 16.1. The molecular weight excluding hydrogens is 246 g/mol. The van der Waals surface area contributed by atoms with Crippen molar-refractivity contribution in [3.63, 3.8) is 0 Å². The van der Waals surface area contributed by atoms with Crippen molar-refractivity contribution in [3.8, 4) is 0 Å². The molecule has 2 unspecified atom stereocenters. The fraction of sp³-hybridized carbons (Fsp3) is 0.389. The molecular formula is C18H19NO. The van der Waals surface area contributed by atoms with Crippen LogP contribution in [0, 0.1) is 5.92 Å². The highest BCUT2D eigenvalue weighted by Crippen LogP contribution is 2.34. The largest absolute Gasteiger partial charge is 0.311 e. The van der Waals surface area contributed by atoms with Gasteiger partial charge in [-0.15, -0.1) is 0 Å². The Morgan fingerprint density at radius 1 is 0.950 bits per heavy atom. The predicted octanol–water partition coefficient (Wildman–Crippen LogP) is 3.55. The van der Waals surface area contributed by atoms with Crippen molar-refractivity contribution in [3.05, 3.63) is 48.0 Å². The summed E-state index contributed by atoms with van der Waals surface area (Å²) in [6, 6.07) is 15.4. The molecule has 2 heteroatoms. The summed E-state index contributed by atoms with van der Waals surface area (Å²) < 4.78 is 0. The van der Waals surface area contributed by atoms with Crippen molar-refractivity contribution in [2.75, 3.05) is 0 Å². The zero-order chi connectivity index (χ0) is 13.5. The van der Waals surface area contributed by atoms with E-state index in [4.69, 9.17) is 0 Å². The van der Waals surface area contributed by atoms with Crippen LogP contribution in [0.25, 0.3) is 10.8 Å². The van der Waals surface area contributed by atoms with Gasteiger partial charge < -0.3 is 5.32 Å². The first-order chi connectivity index (χ1) is 9.81. The Morgan fingerprint density at radius 2 is 1.65 bits per heavy atom. The van der Waals surface area contributed by atoms with E-state index >= 15 is 0 Å². The zero-order valence-electron chi connectivity index (χ0n) is 11.5.